The molecule has 22 heavy (non-hydrogen) atoms. The highest BCUT2D eigenvalue weighted by Gasteiger charge is 2.31. The van der Waals surface area contributed by atoms with Crippen LogP contribution in [0.25, 0.3) is 0 Å². The van der Waals surface area contributed by atoms with E-state index < -0.39 is 6.04 Å². The van der Waals surface area contributed by atoms with E-state index in [0.29, 0.717) is 25.5 Å². The third-order valence-corrected chi connectivity index (χ3v) is 4.44. The first-order valence-electron chi connectivity index (χ1n) is 7.98. The van der Waals surface area contributed by atoms with Crippen LogP contribution < -0.4 is 5.32 Å². The second-order valence-electron chi connectivity index (χ2n) is 6.12. The second-order valence-corrected chi connectivity index (χ2v) is 6.12. The molecule has 0 aromatic heterocycles. The molecule has 1 heterocycles. The Labute approximate surface area is 130 Å². The molecule has 5 heteroatoms. The molecule has 1 aliphatic heterocycles. The average Bonchev–Trinajstić information content (AvgIpc) is 2.88. The molecule has 0 radical (unpaired) electrons. The summed E-state index contributed by atoms with van der Waals surface area (Å²) in [6, 6.07) is 9.29. The molecule has 1 aromatic carbocycles. The first-order chi connectivity index (χ1) is 10.7. The fraction of sp³-hybridized carbons (Fsp3) is 0.529. The van der Waals surface area contributed by atoms with Gasteiger partial charge in [0.05, 0.1) is 6.61 Å². The molecular formula is C17H22N2O3. The van der Waals surface area contributed by atoms with Gasteiger partial charge in [-0.2, -0.15) is 0 Å². The van der Waals surface area contributed by atoms with Crippen molar-refractivity contribution in [2.24, 2.45) is 5.92 Å². The van der Waals surface area contributed by atoms with Crippen molar-refractivity contribution >= 4 is 12.0 Å². The highest BCUT2D eigenvalue weighted by Crippen LogP contribution is 2.27. The Morgan fingerprint density at radius 1 is 1.23 bits per heavy atom. The van der Waals surface area contributed by atoms with Crippen LogP contribution >= 0.6 is 0 Å². The largest absolute Gasteiger partial charge is 0.464 e. The number of amides is 2. The van der Waals surface area contributed by atoms with E-state index >= 15 is 0 Å². The number of hydrogen-bond acceptors (Lipinski definition) is 3. The van der Waals surface area contributed by atoms with Crippen molar-refractivity contribution < 1.29 is 14.3 Å². The number of cyclic esters (lactones) is 1. The van der Waals surface area contributed by atoms with Crippen LogP contribution in [0.5, 0.6) is 0 Å². The monoisotopic (exact) mass is 302 g/mol. The predicted octanol–water partition coefficient (Wildman–Crippen LogP) is 2.31. The zero-order chi connectivity index (χ0) is 15.4. The number of carbonyl (C=O) groups excluding carboxylic acids is 2. The molecule has 1 atom stereocenters. The van der Waals surface area contributed by atoms with Gasteiger partial charge in [0.15, 0.2) is 0 Å². The SMILES string of the molecule is O=C1OCC[C@@H]1NC(=O)N(Cc1ccccc1)CC1CCC1. The first kappa shape index (κ1) is 14.9. The summed E-state index contributed by atoms with van der Waals surface area (Å²) in [6.07, 6.45) is 4.18. The van der Waals surface area contributed by atoms with Gasteiger partial charge >= 0.3 is 12.0 Å². The third-order valence-electron chi connectivity index (χ3n) is 4.44. The lowest BCUT2D eigenvalue weighted by Crippen LogP contribution is -2.48. The Bertz CT molecular complexity index is 528. The lowest BCUT2D eigenvalue weighted by atomic mass is 9.85. The number of rotatable bonds is 5. The maximum atomic E-state index is 12.5. The van der Waals surface area contributed by atoms with Crippen LogP contribution in [0.15, 0.2) is 30.3 Å². The minimum absolute atomic E-state index is 0.167. The third kappa shape index (κ3) is 3.59. The smallest absolute Gasteiger partial charge is 0.328 e. The van der Waals surface area contributed by atoms with E-state index in [0.717, 1.165) is 12.1 Å². The Hall–Kier alpha value is -2.04. The number of nitrogens with one attached hydrogen (secondary N) is 1. The Balaban J connectivity index is 1.63. The van der Waals surface area contributed by atoms with Crippen LogP contribution in [-0.2, 0) is 16.1 Å². The molecule has 2 aliphatic rings. The quantitative estimate of drug-likeness (QED) is 0.849. The molecule has 1 saturated heterocycles. The normalized spacial score (nSPS) is 21.1. The molecule has 1 saturated carbocycles. The number of hydrogen-bond donors (Lipinski definition) is 1. The maximum Gasteiger partial charge on any atom is 0.328 e. The second kappa shape index (κ2) is 6.81. The van der Waals surface area contributed by atoms with Gasteiger partial charge < -0.3 is 15.0 Å². The summed E-state index contributed by atoms with van der Waals surface area (Å²) >= 11 is 0. The summed E-state index contributed by atoms with van der Waals surface area (Å²) in [6.45, 7) is 1.72. The fourth-order valence-electron chi connectivity index (χ4n) is 2.88. The maximum absolute atomic E-state index is 12.5. The van der Waals surface area contributed by atoms with E-state index in [9.17, 15) is 9.59 Å². The zero-order valence-corrected chi connectivity index (χ0v) is 12.7. The van der Waals surface area contributed by atoms with Crippen LogP contribution in [0.2, 0.25) is 0 Å². The van der Waals surface area contributed by atoms with Gasteiger partial charge in [0.1, 0.15) is 6.04 Å². The summed E-state index contributed by atoms with van der Waals surface area (Å²) in [5.41, 5.74) is 1.10. The highest BCUT2D eigenvalue weighted by atomic mass is 16.5. The van der Waals surface area contributed by atoms with Gasteiger partial charge in [-0.25, -0.2) is 9.59 Å². The standard InChI is InChI=1S/C17H22N2O3/c20-16-15(9-10-22-16)18-17(21)19(12-14-7-4-8-14)11-13-5-2-1-3-6-13/h1-3,5-6,14-15H,4,7-12H2,(H,18,21)/t15-/m0/s1. The average molecular weight is 302 g/mol. The Morgan fingerprint density at radius 3 is 2.59 bits per heavy atom. The number of ether oxygens (including phenoxy) is 1. The van der Waals surface area contributed by atoms with Gasteiger partial charge in [0, 0.05) is 19.5 Å². The molecule has 0 unspecified atom stereocenters. The van der Waals surface area contributed by atoms with Crippen LogP contribution in [-0.4, -0.2) is 36.1 Å². The van der Waals surface area contributed by atoms with Gasteiger partial charge in [-0.15, -0.1) is 0 Å². The molecular weight excluding hydrogens is 280 g/mol. The topological polar surface area (TPSA) is 58.6 Å². The molecule has 5 nitrogen and oxygen atoms in total. The number of urea groups is 1. The highest BCUT2D eigenvalue weighted by molar-refractivity contribution is 5.84. The molecule has 1 N–H and O–H groups in total. The Morgan fingerprint density at radius 2 is 2.00 bits per heavy atom. The number of carbonyl (C=O) groups is 2. The molecule has 2 fully saturated rings. The summed E-state index contributed by atoms with van der Waals surface area (Å²) < 4.78 is 4.91. The van der Waals surface area contributed by atoms with Crippen LogP contribution in [0.1, 0.15) is 31.2 Å². The number of nitrogens with zero attached hydrogens (tertiary/aromatic N) is 1. The fourth-order valence-corrected chi connectivity index (χ4v) is 2.88. The van der Waals surface area contributed by atoms with Crippen molar-refractivity contribution in [2.75, 3.05) is 13.2 Å². The molecule has 3 rings (SSSR count). The lowest BCUT2D eigenvalue weighted by Gasteiger charge is -2.33. The molecule has 0 spiro atoms. The summed E-state index contributed by atoms with van der Waals surface area (Å²) in [5.74, 6) is 0.265. The van der Waals surface area contributed by atoms with E-state index in [1.807, 2.05) is 35.2 Å². The van der Waals surface area contributed by atoms with Crippen molar-refractivity contribution in [3.8, 4) is 0 Å². The molecule has 118 valence electrons. The van der Waals surface area contributed by atoms with Crippen molar-refractivity contribution in [3.63, 3.8) is 0 Å². The molecule has 2 amide bonds. The number of esters is 1. The van der Waals surface area contributed by atoms with Crippen LogP contribution in [0.4, 0.5) is 4.79 Å². The van der Waals surface area contributed by atoms with E-state index in [4.69, 9.17) is 4.74 Å². The van der Waals surface area contributed by atoms with Gasteiger partial charge in [-0.05, 0) is 24.3 Å². The van der Waals surface area contributed by atoms with E-state index in [2.05, 4.69) is 5.32 Å². The minimum atomic E-state index is -0.493. The van der Waals surface area contributed by atoms with Crippen molar-refractivity contribution in [1.29, 1.82) is 0 Å². The van der Waals surface area contributed by atoms with E-state index in [1.54, 1.807) is 0 Å². The summed E-state index contributed by atoms with van der Waals surface area (Å²) in [4.78, 5) is 25.9. The summed E-state index contributed by atoms with van der Waals surface area (Å²) in [5, 5.41) is 2.81. The molecule has 1 aliphatic carbocycles. The van der Waals surface area contributed by atoms with Gasteiger partial charge in [0.25, 0.3) is 0 Å². The zero-order valence-electron chi connectivity index (χ0n) is 12.7. The van der Waals surface area contributed by atoms with Gasteiger partial charge in [-0.1, -0.05) is 36.8 Å². The van der Waals surface area contributed by atoms with Crippen LogP contribution in [0, 0.1) is 5.92 Å². The molecule has 1 aromatic rings. The first-order valence-corrected chi connectivity index (χ1v) is 7.98. The van der Waals surface area contributed by atoms with Gasteiger partial charge in [0.2, 0.25) is 0 Å². The van der Waals surface area contributed by atoms with Crippen molar-refractivity contribution in [2.45, 2.75) is 38.3 Å². The predicted molar refractivity (Wildman–Crippen MR) is 82.1 cm³/mol. The van der Waals surface area contributed by atoms with Crippen molar-refractivity contribution in [1.82, 2.24) is 10.2 Å². The number of benzene rings is 1. The van der Waals surface area contributed by atoms with E-state index in [-0.39, 0.29) is 12.0 Å². The lowest BCUT2D eigenvalue weighted by molar-refractivity contribution is -0.139. The minimum Gasteiger partial charge on any atom is -0.464 e. The summed E-state index contributed by atoms with van der Waals surface area (Å²) in [7, 11) is 0. The van der Waals surface area contributed by atoms with Crippen molar-refractivity contribution in [3.05, 3.63) is 35.9 Å². The van der Waals surface area contributed by atoms with Gasteiger partial charge in [-0.3, -0.25) is 0 Å². The van der Waals surface area contributed by atoms with Crippen LogP contribution in [0.3, 0.4) is 0 Å². The molecule has 0 bridgehead atoms. The Kier molecular flexibility index (Phi) is 4.61. The van der Waals surface area contributed by atoms with E-state index in [1.165, 1.54) is 19.3 Å².